The van der Waals surface area contributed by atoms with Crippen LogP contribution in [0.2, 0.25) is 5.02 Å². The number of rotatable bonds is 0. The predicted octanol–water partition coefficient (Wildman–Crippen LogP) is 2.85. The number of carbonyl (C=O) groups is 1. The summed E-state index contributed by atoms with van der Waals surface area (Å²) in [6.07, 6.45) is 2.20. The number of benzene rings is 1. The van der Waals surface area contributed by atoms with Crippen molar-refractivity contribution in [1.82, 2.24) is 5.32 Å². The number of para-hydroxylation sites is 1. The maximum absolute atomic E-state index is 12.2. The first kappa shape index (κ1) is 13.7. The van der Waals surface area contributed by atoms with E-state index in [0.29, 0.717) is 22.8 Å². The van der Waals surface area contributed by atoms with Gasteiger partial charge in [0.1, 0.15) is 11.4 Å². The minimum atomic E-state index is -0.333. The first-order valence-electron chi connectivity index (χ1n) is 5.92. The molecular weight excluding hydrogens is 273 g/mol. The van der Waals surface area contributed by atoms with Crippen LogP contribution in [0.1, 0.15) is 29.6 Å². The molecule has 0 radical (unpaired) electrons. The number of nitrogens with one attached hydrogen (secondary N) is 1. The van der Waals surface area contributed by atoms with Crippen LogP contribution in [0.25, 0.3) is 0 Å². The summed E-state index contributed by atoms with van der Waals surface area (Å²) in [6.45, 7) is 1.79. The van der Waals surface area contributed by atoms with E-state index in [1.807, 2.05) is 0 Å². The van der Waals surface area contributed by atoms with Crippen molar-refractivity contribution in [3.63, 3.8) is 0 Å². The van der Waals surface area contributed by atoms with Gasteiger partial charge >= 0.3 is 0 Å². The SMILES string of the molecule is Cl.O=C1CC2(CCNCC2)Oc2c(Cl)cccc21. The Morgan fingerprint density at radius 2 is 2.00 bits per heavy atom. The lowest BCUT2D eigenvalue weighted by Gasteiger charge is -2.41. The van der Waals surface area contributed by atoms with Gasteiger partial charge in [-0.2, -0.15) is 0 Å². The van der Waals surface area contributed by atoms with Crippen molar-refractivity contribution in [2.75, 3.05) is 13.1 Å². The van der Waals surface area contributed by atoms with Gasteiger partial charge in [0.15, 0.2) is 5.78 Å². The molecule has 2 aliphatic rings. The van der Waals surface area contributed by atoms with Gasteiger partial charge in [-0.25, -0.2) is 0 Å². The van der Waals surface area contributed by atoms with Crippen molar-refractivity contribution in [3.8, 4) is 5.75 Å². The average molecular weight is 288 g/mol. The zero-order valence-corrected chi connectivity index (χ0v) is 11.4. The van der Waals surface area contributed by atoms with Gasteiger partial charge in [0.2, 0.25) is 0 Å². The summed E-state index contributed by atoms with van der Waals surface area (Å²) in [5.74, 6) is 0.725. The van der Waals surface area contributed by atoms with Gasteiger partial charge in [-0.15, -0.1) is 12.4 Å². The first-order chi connectivity index (χ1) is 8.20. The van der Waals surface area contributed by atoms with Gasteiger partial charge in [-0.1, -0.05) is 17.7 Å². The highest BCUT2D eigenvalue weighted by molar-refractivity contribution is 6.32. The second-order valence-electron chi connectivity index (χ2n) is 4.75. The molecule has 1 aromatic carbocycles. The van der Waals surface area contributed by atoms with Crippen molar-refractivity contribution in [2.45, 2.75) is 24.9 Å². The summed E-state index contributed by atoms with van der Waals surface area (Å²) < 4.78 is 6.07. The monoisotopic (exact) mass is 287 g/mol. The van der Waals surface area contributed by atoms with Crippen LogP contribution < -0.4 is 10.1 Å². The quantitative estimate of drug-likeness (QED) is 0.797. The Hall–Kier alpha value is -0.770. The highest BCUT2D eigenvalue weighted by Gasteiger charge is 2.41. The fraction of sp³-hybridized carbons (Fsp3) is 0.462. The number of hydrogen-bond acceptors (Lipinski definition) is 3. The molecule has 0 aliphatic carbocycles. The average Bonchev–Trinajstić information content (AvgIpc) is 2.32. The van der Waals surface area contributed by atoms with E-state index in [2.05, 4.69) is 5.32 Å². The Morgan fingerprint density at radius 3 is 2.72 bits per heavy atom. The summed E-state index contributed by atoms with van der Waals surface area (Å²) in [5.41, 5.74) is 0.294. The minimum Gasteiger partial charge on any atom is -0.484 e. The third-order valence-electron chi connectivity index (χ3n) is 3.58. The van der Waals surface area contributed by atoms with Gasteiger partial charge in [-0.05, 0) is 25.2 Å². The van der Waals surface area contributed by atoms with Crippen LogP contribution in [-0.2, 0) is 0 Å². The summed E-state index contributed by atoms with van der Waals surface area (Å²) >= 11 is 6.12. The number of hydrogen-bond donors (Lipinski definition) is 1. The lowest BCUT2D eigenvalue weighted by molar-refractivity contribution is 0.0188. The van der Waals surface area contributed by atoms with Crippen LogP contribution in [0.15, 0.2) is 18.2 Å². The third-order valence-corrected chi connectivity index (χ3v) is 3.88. The molecule has 2 aliphatic heterocycles. The second-order valence-corrected chi connectivity index (χ2v) is 5.16. The van der Waals surface area contributed by atoms with Gasteiger partial charge < -0.3 is 10.1 Å². The van der Waals surface area contributed by atoms with Crippen LogP contribution in [-0.4, -0.2) is 24.5 Å². The zero-order chi connectivity index (χ0) is 11.9. The van der Waals surface area contributed by atoms with Crippen molar-refractivity contribution >= 4 is 29.8 Å². The Bertz CT molecular complexity index is 470. The lowest BCUT2D eigenvalue weighted by Crippen LogP contribution is -2.49. The largest absolute Gasteiger partial charge is 0.484 e. The van der Waals surface area contributed by atoms with E-state index in [0.717, 1.165) is 25.9 Å². The van der Waals surface area contributed by atoms with Gasteiger partial charge in [0, 0.05) is 12.8 Å². The van der Waals surface area contributed by atoms with Crippen LogP contribution in [0.5, 0.6) is 5.75 Å². The number of ketones is 1. The highest BCUT2D eigenvalue weighted by atomic mass is 35.5. The lowest BCUT2D eigenvalue weighted by atomic mass is 9.83. The molecule has 0 saturated carbocycles. The molecule has 1 saturated heterocycles. The fourth-order valence-electron chi connectivity index (χ4n) is 2.63. The van der Waals surface area contributed by atoms with E-state index in [4.69, 9.17) is 16.3 Å². The molecule has 0 bridgehead atoms. The molecule has 1 aromatic rings. The third kappa shape index (κ3) is 2.22. The van der Waals surface area contributed by atoms with E-state index in [-0.39, 0.29) is 23.8 Å². The summed E-state index contributed by atoms with van der Waals surface area (Å²) in [5, 5.41) is 3.82. The van der Waals surface area contributed by atoms with Crippen molar-refractivity contribution in [1.29, 1.82) is 0 Å². The fourth-order valence-corrected chi connectivity index (χ4v) is 2.85. The highest BCUT2D eigenvalue weighted by Crippen LogP contribution is 2.41. The van der Waals surface area contributed by atoms with E-state index >= 15 is 0 Å². The number of carbonyl (C=O) groups excluding carboxylic acids is 1. The summed E-state index contributed by atoms with van der Waals surface area (Å²) in [7, 11) is 0. The topological polar surface area (TPSA) is 38.3 Å². The summed E-state index contributed by atoms with van der Waals surface area (Å²) in [4.78, 5) is 12.2. The molecule has 0 aromatic heterocycles. The molecule has 1 fully saturated rings. The maximum atomic E-state index is 12.2. The normalized spacial score (nSPS) is 20.8. The van der Waals surface area contributed by atoms with Crippen LogP contribution >= 0.6 is 24.0 Å². The molecule has 0 atom stereocenters. The van der Waals surface area contributed by atoms with Crippen LogP contribution in [0, 0.1) is 0 Å². The first-order valence-corrected chi connectivity index (χ1v) is 6.29. The molecule has 18 heavy (non-hydrogen) atoms. The number of Topliss-reactive ketones (excluding diaryl/α,β-unsaturated/α-hetero) is 1. The maximum Gasteiger partial charge on any atom is 0.170 e. The molecular formula is C13H15Cl2NO2. The van der Waals surface area contributed by atoms with E-state index < -0.39 is 0 Å². The molecule has 5 heteroatoms. The van der Waals surface area contributed by atoms with E-state index in [1.165, 1.54) is 0 Å². The molecule has 1 N–H and O–H groups in total. The zero-order valence-electron chi connectivity index (χ0n) is 9.87. The molecule has 98 valence electrons. The Morgan fingerprint density at radius 1 is 1.28 bits per heavy atom. The number of ether oxygens (including phenoxy) is 1. The van der Waals surface area contributed by atoms with Crippen molar-refractivity contribution in [2.24, 2.45) is 0 Å². The van der Waals surface area contributed by atoms with Crippen molar-refractivity contribution in [3.05, 3.63) is 28.8 Å². The Kier molecular flexibility index (Phi) is 3.85. The molecule has 2 heterocycles. The number of fused-ring (bicyclic) bond motifs is 1. The second kappa shape index (κ2) is 5.08. The Balaban J connectivity index is 0.00000120. The van der Waals surface area contributed by atoms with Crippen LogP contribution in [0.3, 0.4) is 0 Å². The smallest absolute Gasteiger partial charge is 0.170 e. The molecule has 1 spiro atoms. The minimum absolute atomic E-state index is 0. The molecule has 0 amide bonds. The molecule has 0 unspecified atom stereocenters. The standard InChI is InChI=1S/C13H14ClNO2.ClH/c14-10-3-1-2-9-11(16)8-13(17-12(9)10)4-6-15-7-5-13;/h1-3,15H,4-8H2;1H. The predicted molar refractivity (Wildman–Crippen MR) is 73.1 cm³/mol. The number of piperidine rings is 1. The van der Waals surface area contributed by atoms with Crippen molar-refractivity contribution < 1.29 is 9.53 Å². The van der Waals surface area contributed by atoms with Gasteiger partial charge in [0.05, 0.1) is 17.0 Å². The van der Waals surface area contributed by atoms with E-state index in [9.17, 15) is 4.79 Å². The number of halogens is 2. The molecule has 3 rings (SSSR count). The van der Waals surface area contributed by atoms with Crippen LogP contribution in [0.4, 0.5) is 0 Å². The van der Waals surface area contributed by atoms with E-state index in [1.54, 1.807) is 18.2 Å². The van der Waals surface area contributed by atoms with Gasteiger partial charge in [-0.3, -0.25) is 4.79 Å². The van der Waals surface area contributed by atoms with Gasteiger partial charge in [0.25, 0.3) is 0 Å². The Labute approximate surface area is 117 Å². The molecule has 3 nitrogen and oxygen atoms in total. The summed E-state index contributed by atoms with van der Waals surface area (Å²) in [6, 6.07) is 5.36.